The predicted molar refractivity (Wildman–Crippen MR) is 108 cm³/mol. The summed E-state index contributed by atoms with van der Waals surface area (Å²) in [6.45, 7) is 1.67. The van der Waals surface area contributed by atoms with Crippen molar-refractivity contribution in [2.75, 3.05) is 13.2 Å². The molecule has 7 nitrogen and oxygen atoms in total. The van der Waals surface area contributed by atoms with Crippen LogP contribution in [0.1, 0.15) is 29.5 Å². The molecule has 0 saturated heterocycles. The van der Waals surface area contributed by atoms with Crippen LogP contribution in [0.25, 0.3) is 10.9 Å². The topological polar surface area (TPSA) is 87.5 Å². The third-order valence-electron chi connectivity index (χ3n) is 4.54. The molecule has 3 rings (SSSR count). The number of esters is 1. The molecule has 0 spiro atoms. The summed E-state index contributed by atoms with van der Waals surface area (Å²) in [6, 6.07) is 14.1. The number of Topliss-reactive ketones (excluding diaryl/α,β-unsaturated/α-hetero) is 1. The Bertz CT molecular complexity index is 1100. The number of ether oxygens (including phenoxy) is 2. The maximum atomic E-state index is 12.1. The normalized spacial score (nSPS) is 10.7. The zero-order valence-corrected chi connectivity index (χ0v) is 16.4. The van der Waals surface area contributed by atoms with Crippen molar-refractivity contribution in [1.29, 1.82) is 0 Å². The van der Waals surface area contributed by atoms with Gasteiger partial charge in [0.15, 0.2) is 5.78 Å². The molecular formula is C22H22N2O5. The lowest BCUT2D eigenvalue weighted by molar-refractivity contribution is -0.144. The van der Waals surface area contributed by atoms with Gasteiger partial charge in [0, 0.05) is 13.5 Å². The highest BCUT2D eigenvalue weighted by atomic mass is 16.6. The van der Waals surface area contributed by atoms with Gasteiger partial charge >= 0.3 is 5.97 Å². The number of carbonyl (C=O) groups excluding carboxylic acids is 2. The molecule has 0 aliphatic rings. The van der Waals surface area contributed by atoms with Gasteiger partial charge in [-0.25, -0.2) is 0 Å². The van der Waals surface area contributed by atoms with E-state index in [1.807, 2.05) is 23.7 Å². The number of ketones is 1. The average molecular weight is 394 g/mol. The number of fused-ring (bicyclic) bond motifs is 1. The molecule has 0 bridgehead atoms. The van der Waals surface area contributed by atoms with Crippen molar-refractivity contribution in [3.63, 3.8) is 0 Å². The smallest absolute Gasteiger partial charge is 0.306 e. The van der Waals surface area contributed by atoms with Gasteiger partial charge in [0.2, 0.25) is 0 Å². The van der Waals surface area contributed by atoms with E-state index >= 15 is 0 Å². The molecule has 1 heterocycles. The van der Waals surface area contributed by atoms with E-state index in [0.29, 0.717) is 28.9 Å². The highest BCUT2D eigenvalue weighted by molar-refractivity contribution is 5.96. The number of hydrogen-bond donors (Lipinski definition) is 0. The van der Waals surface area contributed by atoms with Crippen LogP contribution in [0.3, 0.4) is 0 Å². The van der Waals surface area contributed by atoms with E-state index in [4.69, 9.17) is 9.47 Å². The minimum Gasteiger partial charge on any atom is -0.489 e. The number of aryl methyl sites for hydroxylation is 2. The van der Waals surface area contributed by atoms with Crippen LogP contribution in [0.4, 0.5) is 0 Å². The molecule has 0 N–H and O–H groups in total. The minimum absolute atomic E-state index is 0.0646. The molecule has 0 atom stereocenters. The molecule has 2 aromatic carbocycles. The molecule has 0 unspecified atom stereocenters. The van der Waals surface area contributed by atoms with E-state index in [9.17, 15) is 14.4 Å². The Morgan fingerprint density at radius 2 is 1.76 bits per heavy atom. The van der Waals surface area contributed by atoms with Gasteiger partial charge in [-0.15, -0.1) is 0 Å². The molecule has 0 amide bonds. The molecule has 3 aromatic rings. The van der Waals surface area contributed by atoms with Gasteiger partial charge in [0.25, 0.3) is 5.56 Å². The highest BCUT2D eigenvalue weighted by Gasteiger charge is 2.11. The number of aromatic nitrogens is 2. The van der Waals surface area contributed by atoms with Crippen molar-refractivity contribution in [1.82, 2.24) is 9.55 Å². The first-order chi connectivity index (χ1) is 14.0. The van der Waals surface area contributed by atoms with E-state index in [0.717, 1.165) is 5.52 Å². The third-order valence-corrected chi connectivity index (χ3v) is 4.54. The van der Waals surface area contributed by atoms with E-state index in [2.05, 4.69) is 4.98 Å². The minimum atomic E-state index is -0.407. The lowest BCUT2D eigenvalue weighted by Crippen LogP contribution is -2.19. The summed E-state index contributed by atoms with van der Waals surface area (Å²) < 4.78 is 12.5. The molecule has 0 aliphatic heterocycles. The predicted octanol–water partition coefficient (Wildman–Crippen LogP) is 2.69. The summed E-state index contributed by atoms with van der Waals surface area (Å²) in [5, 5.41) is 0.546. The van der Waals surface area contributed by atoms with Crippen molar-refractivity contribution in [2.45, 2.75) is 19.8 Å². The summed E-state index contributed by atoms with van der Waals surface area (Å²) >= 11 is 0. The Kier molecular flexibility index (Phi) is 6.39. The maximum absolute atomic E-state index is 12.1. The first-order valence-electron chi connectivity index (χ1n) is 9.30. The van der Waals surface area contributed by atoms with Crippen molar-refractivity contribution < 1.29 is 19.1 Å². The molecule has 0 aliphatic carbocycles. The second-order valence-corrected chi connectivity index (χ2v) is 6.53. The number of rotatable bonds is 8. The first kappa shape index (κ1) is 20.3. The lowest BCUT2D eigenvalue weighted by atomic mass is 10.1. The van der Waals surface area contributed by atoms with Gasteiger partial charge in [-0.05, 0) is 31.2 Å². The van der Waals surface area contributed by atoms with Gasteiger partial charge in [0.05, 0.1) is 22.9 Å². The largest absolute Gasteiger partial charge is 0.489 e. The fourth-order valence-corrected chi connectivity index (χ4v) is 3.04. The average Bonchev–Trinajstić information content (AvgIpc) is 2.73. The van der Waals surface area contributed by atoms with Crippen LogP contribution in [-0.2, 0) is 23.0 Å². The van der Waals surface area contributed by atoms with Crippen LogP contribution >= 0.6 is 0 Å². The van der Waals surface area contributed by atoms with Gasteiger partial charge in [0.1, 0.15) is 24.8 Å². The fourth-order valence-electron chi connectivity index (χ4n) is 3.04. The third kappa shape index (κ3) is 4.87. The molecule has 0 saturated carbocycles. The summed E-state index contributed by atoms with van der Waals surface area (Å²) in [4.78, 5) is 39.8. The van der Waals surface area contributed by atoms with Crippen molar-refractivity contribution in [3.05, 3.63) is 70.3 Å². The van der Waals surface area contributed by atoms with Gasteiger partial charge < -0.3 is 14.0 Å². The zero-order valence-electron chi connectivity index (χ0n) is 16.4. The van der Waals surface area contributed by atoms with E-state index in [1.54, 1.807) is 36.4 Å². The SMILES string of the molecule is CC(=O)c1ccccc1OCCOC(=O)CCc1nc(=O)c2ccccc2n1C. The molecular weight excluding hydrogens is 372 g/mol. The van der Waals surface area contributed by atoms with E-state index in [-0.39, 0.29) is 31.0 Å². The summed E-state index contributed by atoms with van der Waals surface area (Å²) in [7, 11) is 1.82. The lowest BCUT2D eigenvalue weighted by Gasteiger charge is -2.11. The van der Waals surface area contributed by atoms with Gasteiger partial charge in [-0.1, -0.05) is 24.3 Å². The number of benzene rings is 2. The number of nitrogens with zero attached hydrogens (tertiary/aromatic N) is 2. The zero-order chi connectivity index (χ0) is 20.8. The highest BCUT2D eigenvalue weighted by Crippen LogP contribution is 2.18. The summed E-state index contributed by atoms with van der Waals surface area (Å²) in [5.74, 6) is 0.491. The Morgan fingerprint density at radius 1 is 1.03 bits per heavy atom. The monoisotopic (exact) mass is 394 g/mol. The maximum Gasteiger partial charge on any atom is 0.306 e. The summed E-state index contributed by atoms with van der Waals surface area (Å²) in [6.07, 6.45) is 0.395. The molecule has 29 heavy (non-hydrogen) atoms. The Hall–Kier alpha value is -3.48. The van der Waals surface area contributed by atoms with E-state index in [1.165, 1.54) is 6.92 Å². The van der Waals surface area contributed by atoms with Gasteiger partial charge in [-0.2, -0.15) is 4.98 Å². The van der Waals surface area contributed by atoms with Crippen molar-refractivity contribution in [2.24, 2.45) is 7.05 Å². The number of carbonyl (C=O) groups is 2. The quantitative estimate of drug-likeness (QED) is 0.332. The van der Waals surface area contributed by atoms with Crippen LogP contribution in [0.5, 0.6) is 5.75 Å². The van der Waals surface area contributed by atoms with Crippen molar-refractivity contribution in [3.8, 4) is 5.75 Å². The Labute approximate surface area is 167 Å². The number of hydrogen-bond acceptors (Lipinski definition) is 6. The standard InChI is InChI=1S/C22H22N2O5/c1-15(25)16-7-4-6-10-19(16)28-13-14-29-21(26)12-11-20-23-22(27)17-8-3-5-9-18(17)24(20)2/h3-10H,11-14H2,1-2H3. The molecule has 1 aromatic heterocycles. The Balaban J connectivity index is 1.51. The molecule has 7 heteroatoms. The van der Waals surface area contributed by atoms with Crippen LogP contribution < -0.4 is 10.3 Å². The second-order valence-electron chi connectivity index (χ2n) is 6.53. The molecule has 0 radical (unpaired) electrons. The first-order valence-corrected chi connectivity index (χ1v) is 9.30. The Morgan fingerprint density at radius 3 is 2.55 bits per heavy atom. The van der Waals surface area contributed by atoms with Crippen LogP contribution in [0.15, 0.2) is 53.3 Å². The second kappa shape index (κ2) is 9.14. The fraction of sp³-hybridized carbons (Fsp3) is 0.273. The van der Waals surface area contributed by atoms with Crippen LogP contribution in [0, 0.1) is 0 Å². The van der Waals surface area contributed by atoms with E-state index < -0.39 is 5.97 Å². The molecule has 0 fully saturated rings. The number of para-hydroxylation sites is 2. The van der Waals surface area contributed by atoms with Crippen LogP contribution in [-0.4, -0.2) is 34.5 Å². The molecule has 150 valence electrons. The van der Waals surface area contributed by atoms with Gasteiger partial charge in [-0.3, -0.25) is 14.4 Å². The van der Waals surface area contributed by atoms with Crippen molar-refractivity contribution >= 4 is 22.7 Å². The van der Waals surface area contributed by atoms with Crippen LogP contribution in [0.2, 0.25) is 0 Å². The summed E-state index contributed by atoms with van der Waals surface area (Å²) in [5.41, 5.74) is 0.954.